The van der Waals surface area contributed by atoms with Crippen LogP contribution in [-0.2, 0) is 6.42 Å². The molecule has 7 rings (SSSR count). The normalized spacial score (nSPS) is 18.0. The third kappa shape index (κ3) is 3.51. The fraction of sp³-hybridized carbons (Fsp3) is 0.250. The highest BCUT2D eigenvalue weighted by Gasteiger charge is 2.27. The second kappa shape index (κ2) is 8.06. The molecule has 174 valence electrons. The van der Waals surface area contributed by atoms with Gasteiger partial charge in [0.05, 0.1) is 17.6 Å². The zero-order valence-electron chi connectivity index (χ0n) is 19.7. The molecule has 1 fully saturated rings. The summed E-state index contributed by atoms with van der Waals surface area (Å²) in [5.41, 5.74) is 5.78. The molecule has 1 atom stereocenters. The number of nitrogens with zero attached hydrogens (tertiary/aromatic N) is 6. The van der Waals surface area contributed by atoms with E-state index in [9.17, 15) is 0 Å². The number of hydrogen-bond acceptors (Lipinski definition) is 6. The smallest absolute Gasteiger partial charge is 0.229 e. The van der Waals surface area contributed by atoms with Crippen molar-refractivity contribution in [2.75, 3.05) is 43.4 Å². The second-order valence-corrected chi connectivity index (χ2v) is 9.61. The Bertz CT molecular complexity index is 1530. The molecule has 2 aromatic heterocycles. The first-order chi connectivity index (χ1) is 17.2. The Morgan fingerprint density at radius 1 is 0.857 bits per heavy atom. The standard InChI is InChI=1S/C28H27N7/c1-33-12-14-34(15-13-33)23-10-8-22(9-11-23)31-28-29-17-21-18-30-35(27(21)32-28)25-16-20-6-2-4-19-5-3-7-24(25)26(19)20/h2-11,17-18,25H,12-16H2,1H3,(H,29,31,32). The number of benzene rings is 3. The van der Waals surface area contributed by atoms with Crippen molar-refractivity contribution in [3.8, 4) is 0 Å². The number of rotatable bonds is 4. The summed E-state index contributed by atoms with van der Waals surface area (Å²) in [6, 6.07) is 21.8. The maximum Gasteiger partial charge on any atom is 0.229 e. The Hall–Kier alpha value is -3.97. The molecular formula is C28H27N7. The molecule has 35 heavy (non-hydrogen) atoms. The average Bonchev–Trinajstić information content (AvgIpc) is 3.48. The van der Waals surface area contributed by atoms with Gasteiger partial charge in [-0.3, -0.25) is 0 Å². The topological polar surface area (TPSA) is 62.1 Å². The Balaban J connectivity index is 1.17. The summed E-state index contributed by atoms with van der Waals surface area (Å²) >= 11 is 0. The number of hydrogen-bond donors (Lipinski definition) is 1. The van der Waals surface area contributed by atoms with Gasteiger partial charge < -0.3 is 15.1 Å². The first kappa shape index (κ1) is 20.4. The van der Waals surface area contributed by atoms with E-state index in [1.807, 2.05) is 12.4 Å². The number of fused-ring (bicyclic) bond motifs is 1. The van der Waals surface area contributed by atoms with Gasteiger partial charge >= 0.3 is 0 Å². The Kier molecular flexibility index (Phi) is 4.70. The van der Waals surface area contributed by atoms with E-state index in [-0.39, 0.29) is 6.04 Å². The number of aromatic nitrogens is 4. The minimum Gasteiger partial charge on any atom is -0.369 e. The molecule has 0 saturated carbocycles. The van der Waals surface area contributed by atoms with Gasteiger partial charge in [-0.1, -0.05) is 36.4 Å². The van der Waals surface area contributed by atoms with Crippen LogP contribution in [-0.4, -0.2) is 57.9 Å². The van der Waals surface area contributed by atoms with Crippen molar-refractivity contribution < 1.29 is 0 Å². The molecule has 7 heteroatoms. The summed E-state index contributed by atoms with van der Waals surface area (Å²) in [5.74, 6) is 0.584. The molecule has 1 unspecified atom stereocenters. The molecule has 1 N–H and O–H groups in total. The van der Waals surface area contributed by atoms with E-state index >= 15 is 0 Å². The number of likely N-dealkylation sites (N-methyl/N-ethyl adjacent to an activating group) is 1. The van der Waals surface area contributed by atoms with Gasteiger partial charge in [-0.05, 0) is 59.6 Å². The van der Waals surface area contributed by atoms with E-state index in [2.05, 4.69) is 92.5 Å². The number of piperazine rings is 1. The lowest BCUT2D eigenvalue weighted by Crippen LogP contribution is -2.44. The van der Waals surface area contributed by atoms with E-state index < -0.39 is 0 Å². The summed E-state index contributed by atoms with van der Waals surface area (Å²) in [5, 5.41) is 11.7. The lowest BCUT2D eigenvalue weighted by atomic mass is 10.0. The fourth-order valence-corrected chi connectivity index (χ4v) is 5.51. The predicted molar refractivity (Wildman–Crippen MR) is 141 cm³/mol. The van der Waals surface area contributed by atoms with Crippen LogP contribution in [0.4, 0.5) is 17.3 Å². The van der Waals surface area contributed by atoms with Gasteiger partial charge in [0.2, 0.25) is 5.95 Å². The first-order valence-corrected chi connectivity index (χ1v) is 12.2. The minimum atomic E-state index is 0.138. The lowest BCUT2D eigenvalue weighted by Gasteiger charge is -2.34. The van der Waals surface area contributed by atoms with Crippen LogP contribution in [0.3, 0.4) is 0 Å². The van der Waals surface area contributed by atoms with E-state index in [0.717, 1.165) is 49.3 Å². The monoisotopic (exact) mass is 461 g/mol. The van der Waals surface area contributed by atoms with Crippen LogP contribution in [0.5, 0.6) is 0 Å². The van der Waals surface area contributed by atoms with Crippen LogP contribution >= 0.6 is 0 Å². The molecule has 7 nitrogen and oxygen atoms in total. The van der Waals surface area contributed by atoms with Crippen LogP contribution in [0.25, 0.3) is 21.8 Å². The van der Waals surface area contributed by atoms with Crippen LogP contribution in [0.15, 0.2) is 73.1 Å². The molecular weight excluding hydrogens is 434 g/mol. The quantitative estimate of drug-likeness (QED) is 0.421. The van der Waals surface area contributed by atoms with E-state index in [4.69, 9.17) is 10.1 Å². The van der Waals surface area contributed by atoms with Gasteiger partial charge in [-0.25, -0.2) is 9.67 Å². The summed E-state index contributed by atoms with van der Waals surface area (Å²) in [7, 11) is 2.18. The van der Waals surface area contributed by atoms with Crippen LogP contribution < -0.4 is 10.2 Å². The molecule has 2 aliphatic rings. The summed E-state index contributed by atoms with van der Waals surface area (Å²) in [4.78, 5) is 14.2. The fourth-order valence-electron chi connectivity index (χ4n) is 5.51. The molecule has 1 saturated heterocycles. The highest BCUT2D eigenvalue weighted by atomic mass is 15.3. The molecule has 3 heterocycles. The van der Waals surface area contributed by atoms with Crippen molar-refractivity contribution in [1.29, 1.82) is 0 Å². The van der Waals surface area contributed by atoms with E-state index in [0.29, 0.717) is 5.95 Å². The number of nitrogens with one attached hydrogen (secondary N) is 1. The summed E-state index contributed by atoms with van der Waals surface area (Å²) < 4.78 is 2.06. The summed E-state index contributed by atoms with van der Waals surface area (Å²) in [6.45, 7) is 4.32. The third-order valence-electron chi connectivity index (χ3n) is 7.42. The van der Waals surface area contributed by atoms with Gasteiger partial charge in [-0.2, -0.15) is 10.1 Å². The van der Waals surface area contributed by atoms with Gasteiger partial charge in [0, 0.05) is 43.8 Å². The van der Waals surface area contributed by atoms with Crippen molar-refractivity contribution in [2.45, 2.75) is 12.5 Å². The SMILES string of the molecule is CN1CCN(c2ccc(Nc3ncc4cnn(C5Cc6cccc7cccc5c67)c4n3)cc2)CC1. The second-order valence-electron chi connectivity index (χ2n) is 9.61. The minimum absolute atomic E-state index is 0.138. The van der Waals surface area contributed by atoms with E-state index in [1.165, 1.54) is 27.6 Å². The molecule has 0 radical (unpaired) electrons. The maximum absolute atomic E-state index is 4.88. The Morgan fingerprint density at radius 2 is 1.66 bits per heavy atom. The van der Waals surface area contributed by atoms with Crippen molar-refractivity contribution in [3.05, 3.63) is 84.2 Å². The number of anilines is 3. The molecule has 5 aromatic rings. The maximum atomic E-state index is 4.88. The summed E-state index contributed by atoms with van der Waals surface area (Å²) in [6.07, 6.45) is 4.65. The third-order valence-corrected chi connectivity index (χ3v) is 7.42. The molecule has 0 bridgehead atoms. The van der Waals surface area contributed by atoms with E-state index in [1.54, 1.807) is 0 Å². The van der Waals surface area contributed by atoms with Crippen LogP contribution in [0.1, 0.15) is 17.2 Å². The van der Waals surface area contributed by atoms with Gasteiger partial charge in [0.15, 0.2) is 5.65 Å². The first-order valence-electron chi connectivity index (χ1n) is 12.2. The largest absolute Gasteiger partial charge is 0.369 e. The molecule has 3 aromatic carbocycles. The molecule has 1 aliphatic carbocycles. The lowest BCUT2D eigenvalue weighted by molar-refractivity contribution is 0.313. The Morgan fingerprint density at radius 3 is 2.49 bits per heavy atom. The Labute approximate surface area is 204 Å². The van der Waals surface area contributed by atoms with Gasteiger partial charge in [-0.15, -0.1) is 0 Å². The molecule has 0 amide bonds. The van der Waals surface area contributed by atoms with Gasteiger partial charge in [0.1, 0.15) is 0 Å². The van der Waals surface area contributed by atoms with Crippen molar-refractivity contribution in [3.63, 3.8) is 0 Å². The van der Waals surface area contributed by atoms with Crippen LogP contribution in [0.2, 0.25) is 0 Å². The van der Waals surface area contributed by atoms with Gasteiger partial charge in [0.25, 0.3) is 0 Å². The van der Waals surface area contributed by atoms with Crippen molar-refractivity contribution in [1.82, 2.24) is 24.6 Å². The molecule has 1 aliphatic heterocycles. The van der Waals surface area contributed by atoms with Crippen molar-refractivity contribution in [2.24, 2.45) is 0 Å². The van der Waals surface area contributed by atoms with Crippen LogP contribution in [0, 0.1) is 0 Å². The highest BCUT2D eigenvalue weighted by Crippen LogP contribution is 2.39. The zero-order valence-corrected chi connectivity index (χ0v) is 19.7. The zero-order chi connectivity index (χ0) is 23.4. The average molecular weight is 462 g/mol. The van der Waals surface area contributed by atoms with Crippen molar-refractivity contribution >= 4 is 39.1 Å². The predicted octanol–water partition coefficient (Wildman–Crippen LogP) is 4.62. The molecule has 0 spiro atoms. The highest BCUT2D eigenvalue weighted by molar-refractivity contribution is 5.91.